The molecular formula is C25H18BrClO4S2. The Morgan fingerprint density at radius 3 is 1.18 bits per heavy atom. The molecule has 0 atom stereocenters. The van der Waals surface area contributed by atoms with E-state index in [1.54, 1.807) is 84.9 Å². The predicted molar refractivity (Wildman–Crippen MR) is 132 cm³/mol. The fourth-order valence-corrected chi connectivity index (χ4v) is 6.22. The highest BCUT2D eigenvalue weighted by atomic mass is 79.9. The molecular weight excluding hydrogens is 544 g/mol. The minimum atomic E-state index is -3.62. The predicted octanol–water partition coefficient (Wildman–Crippen LogP) is 6.36. The van der Waals surface area contributed by atoms with Crippen LogP contribution >= 0.6 is 27.5 Å². The molecule has 0 amide bonds. The van der Waals surface area contributed by atoms with Crippen LogP contribution in [0.2, 0.25) is 5.02 Å². The van der Waals surface area contributed by atoms with E-state index in [1.165, 1.54) is 12.1 Å². The first-order valence-corrected chi connectivity index (χ1v) is 14.0. The van der Waals surface area contributed by atoms with Gasteiger partial charge in [-0.1, -0.05) is 51.8 Å². The molecule has 0 radical (unpaired) electrons. The molecule has 4 aromatic carbocycles. The van der Waals surface area contributed by atoms with E-state index in [2.05, 4.69) is 15.9 Å². The third-order valence-corrected chi connectivity index (χ3v) is 9.48. The molecule has 0 saturated heterocycles. The van der Waals surface area contributed by atoms with E-state index < -0.39 is 19.7 Å². The van der Waals surface area contributed by atoms with E-state index in [0.717, 1.165) is 15.6 Å². The van der Waals surface area contributed by atoms with Crippen LogP contribution in [0, 0.1) is 0 Å². The summed E-state index contributed by atoms with van der Waals surface area (Å²) in [5.74, 6) is 0. The van der Waals surface area contributed by atoms with Crippen molar-refractivity contribution in [2.24, 2.45) is 0 Å². The zero-order chi connectivity index (χ0) is 23.6. The van der Waals surface area contributed by atoms with Gasteiger partial charge in [-0.25, -0.2) is 16.8 Å². The summed E-state index contributed by atoms with van der Waals surface area (Å²) >= 11 is 9.15. The Morgan fingerprint density at radius 2 is 0.818 bits per heavy atom. The lowest BCUT2D eigenvalue weighted by atomic mass is 10.1. The van der Waals surface area contributed by atoms with Gasteiger partial charge in [-0.05, 0) is 90.3 Å². The number of sulfone groups is 2. The third-order valence-electron chi connectivity index (χ3n) is 5.12. The molecule has 0 aliphatic carbocycles. The van der Waals surface area contributed by atoms with Gasteiger partial charge in [0.05, 0.1) is 19.6 Å². The number of benzene rings is 4. The van der Waals surface area contributed by atoms with Crippen LogP contribution in [0.3, 0.4) is 0 Å². The van der Waals surface area contributed by atoms with Gasteiger partial charge < -0.3 is 0 Å². The summed E-state index contributed by atoms with van der Waals surface area (Å²) in [6, 6.07) is 25.9. The van der Waals surface area contributed by atoms with Crippen molar-refractivity contribution < 1.29 is 16.8 Å². The van der Waals surface area contributed by atoms with Gasteiger partial charge in [0.25, 0.3) is 0 Å². The number of hydrogen-bond acceptors (Lipinski definition) is 4. The topological polar surface area (TPSA) is 68.3 Å². The zero-order valence-corrected chi connectivity index (χ0v) is 21.1. The lowest BCUT2D eigenvalue weighted by molar-refractivity contribution is 0.594. The molecule has 0 heterocycles. The molecule has 0 aromatic heterocycles. The smallest absolute Gasteiger partial charge is 0.206 e. The van der Waals surface area contributed by atoms with Crippen LogP contribution in [0.15, 0.2) is 121 Å². The second-order valence-corrected chi connectivity index (χ2v) is 12.6. The van der Waals surface area contributed by atoms with Gasteiger partial charge in [0, 0.05) is 9.50 Å². The van der Waals surface area contributed by atoms with Crippen molar-refractivity contribution in [1.82, 2.24) is 0 Å². The van der Waals surface area contributed by atoms with Crippen LogP contribution < -0.4 is 0 Å². The average molecular weight is 562 g/mol. The maximum Gasteiger partial charge on any atom is 0.206 e. The Labute approximate surface area is 206 Å². The van der Waals surface area contributed by atoms with Gasteiger partial charge in [-0.2, -0.15) is 0 Å². The Bertz CT molecular complexity index is 1360. The van der Waals surface area contributed by atoms with Gasteiger partial charge in [-0.3, -0.25) is 0 Å². The molecule has 0 N–H and O–H groups in total. The summed E-state index contributed by atoms with van der Waals surface area (Å²) in [7, 11) is -7.22. The molecule has 4 aromatic rings. The van der Waals surface area contributed by atoms with Crippen LogP contribution in [0.5, 0.6) is 0 Å². The second kappa shape index (κ2) is 9.43. The van der Waals surface area contributed by atoms with Crippen molar-refractivity contribution in [3.63, 3.8) is 0 Å². The largest absolute Gasteiger partial charge is 0.219 e. The third kappa shape index (κ3) is 5.22. The standard InChI is InChI=1S/C25H18BrClO4S2/c26-20-5-13-24(14-6-20)32(28,29)22-9-1-18(2-10-22)17-19-3-11-23(12-4-19)33(30,31)25-15-7-21(27)8-16-25/h1-16H,17H2. The van der Waals surface area contributed by atoms with E-state index in [-0.39, 0.29) is 19.6 Å². The van der Waals surface area contributed by atoms with E-state index in [9.17, 15) is 16.8 Å². The molecule has 8 heteroatoms. The van der Waals surface area contributed by atoms with Crippen LogP contribution in [0.1, 0.15) is 11.1 Å². The summed E-state index contributed by atoms with van der Waals surface area (Å²) in [6.45, 7) is 0. The van der Waals surface area contributed by atoms with E-state index in [4.69, 9.17) is 11.6 Å². The van der Waals surface area contributed by atoms with Gasteiger partial charge in [0.2, 0.25) is 19.7 Å². The quantitative estimate of drug-likeness (QED) is 0.275. The highest BCUT2D eigenvalue weighted by molar-refractivity contribution is 9.10. The summed E-state index contributed by atoms with van der Waals surface area (Å²) in [6.07, 6.45) is 0.542. The fraction of sp³-hybridized carbons (Fsp3) is 0.0400. The summed E-state index contributed by atoms with van der Waals surface area (Å²) in [4.78, 5) is 0.834. The molecule has 4 nitrogen and oxygen atoms in total. The van der Waals surface area contributed by atoms with E-state index >= 15 is 0 Å². The summed E-state index contributed by atoms with van der Waals surface area (Å²) in [5.41, 5.74) is 1.83. The van der Waals surface area contributed by atoms with E-state index in [0.29, 0.717) is 11.4 Å². The lowest BCUT2D eigenvalue weighted by Crippen LogP contribution is -2.03. The SMILES string of the molecule is O=S(=O)(c1ccc(Cl)cc1)c1ccc(Cc2ccc(S(=O)(=O)c3ccc(Br)cc3)cc2)cc1. The monoisotopic (exact) mass is 560 g/mol. The molecule has 0 aliphatic rings. The first-order chi connectivity index (χ1) is 15.7. The Balaban J connectivity index is 1.51. The number of hydrogen-bond donors (Lipinski definition) is 0. The van der Waals surface area contributed by atoms with Crippen LogP contribution in [0.25, 0.3) is 0 Å². The number of rotatable bonds is 6. The Kier molecular flexibility index (Phi) is 6.77. The molecule has 0 aliphatic heterocycles. The molecule has 4 rings (SSSR count). The van der Waals surface area contributed by atoms with Crippen LogP contribution in [0.4, 0.5) is 0 Å². The van der Waals surface area contributed by atoms with Gasteiger partial charge in [0.1, 0.15) is 0 Å². The normalized spacial score (nSPS) is 11.9. The van der Waals surface area contributed by atoms with Crippen molar-refractivity contribution in [2.75, 3.05) is 0 Å². The number of halogens is 2. The van der Waals surface area contributed by atoms with Gasteiger partial charge >= 0.3 is 0 Å². The minimum Gasteiger partial charge on any atom is -0.219 e. The van der Waals surface area contributed by atoms with Gasteiger partial charge in [-0.15, -0.1) is 0 Å². The fourth-order valence-electron chi connectivity index (χ4n) is 3.31. The van der Waals surface area contributed by atoms with Crippen molar-refractivity contribution in [3.8, 4) is 0 Å². The van der Waals surface area contributed by atoms with Crippen molar-refractivity contribution in [3.05, 3.63) is 118 Å². The zero-order valence-electron chi connectivity index (χ0n) is 17.2. The highest BCUT2D eigenvalue weighted by Crippen LogP contribution is 2.25. The minimum absolute atomic E-state index is 0.183. The molecule has 0 bridgehead atoms. The molecule has 0 unspecified atom stereocenters. The van der Waals surface area contributed by atoms with Crippen molar-refractivity contribution in [1.29, 1.82) is 0 Å². The molecule has 168 valence electrons. The molecule has 33 heavy (non-hydrogen) atoms. The maximum absolute atomic E-state index is 12.8. The molecule has 0 saturated carbocycles. The van der Waals surface area contributed by atoms with Crippen molar-refractivity contribution in [2.45, 2.75) is 26.0 Å². The van der Waals surface area contributed by atoms with Gasteiger partial charge in [0.15, 0.2) is 0 Å². The average Bonchev–Trinajstić information content (AvgIpc) is 2.80. The second-order valence-electron chi connectivity index (χ2n) is 7.38. The molecule has 0 fully saturated rings. The first kappa shape index (κ1) is 23.7. The van der Waals surface area contributed by atoms with Crippen LogP contribution in [-0.2, 0) is 26.1 Å². The van der Waals surface area contributed by atoms with Crippen LogP contribution in [-0.4, -0.2) is 16.8 Å². The highest BCUT2D eigenvalue weighted by Gasteiger charge is 2.18. The molecule has 0 spiro atoms. The maximum atomic E-state index is 12.8. The first-order valence-electron chi connectivity index (χ1n) is 9.85. The Hall–Kier alpha value is -2.45. The Morgan fingerprint density at radius 1 is 0.515 bits per heavy atom. The van der Waals surface area contributed by atoms with Crippen molar-refractivity contribution >= 4 is 47.2 Å². The van der Waals surface area contributed by atoms with E-state index in [1.807, 2.05) is 0 Å². The summed E-state index contributed by atoms with van der Waals surface area (Å²) in [5, 5.41) is 0.472. The summed E-state index contributed by atoms with van der Waals surface area (Å²) < 4.78 is 52.0. The lowest BCUT2D eigenvalue weighted by Gasteiger charge is -2.08.